The van der Waals surface area contributed by atoms with Gasteiger partial charge in [-0.25, -0.2) is 0 Å². The van der Waals surface area contributed by atoms with Crippen LogP contribution in [0.1, 0.15) is 26.3 Å². The first kappa shape index (κ1) is 22.6. The molecular weight excluding hydrogens is 384 g/mol. The van der Waals surface area contributed by atoms with Crippen molar-refractivity contribution in [3.05, 3.63) is 69.9 Å². The maximum absolute atomic E-state index is 12.8. The zero-order valence-corrected chi connectivity index (χ0v) is 17.7. The molecule has 2 aromatic carbocycles. The first-order chi connectivity index (χ1) is 14.0. The van der Waals surface area contributed by atoms with Crippen LogP contribution in [0.3, 0.4) is 0 Å². The van der Waals surface area contributed by atoms with E-state index in [0.29, 0.717) is 5.69 Å². The predicted octanol–water partition coefficient (Wildman–Crippen LogP) is 3.80. The minimum atomic E-state index is -0.693. The third-order valence-electron chi connectivity index (χ3n) is 4.23. The molecule has 2 amide bonds. The highest BCUT2D eigenvalue weighted by Gasteiger charge is 2.24. The molecule has 0 fully saturated rings. The highest BCUT2D eigenvalue weighted by atomic mass is 16.6. The van der Waals surface area contributed by atoms with Gasteiger partial charge in [0.15, 0.2) is 0 Å². The van der Waals surface area contributed by atoms with Gasteiger partial charge < -0.3 is 15.5 Å². The summed E-state index contributed by atoms with van der Waals surface area (Å²) in [5, 5.41) is 16.1. The molecule has 2 N–H and O–H groups in total. The summed E-state index contributed by atoms with van der Waals surface area (Å²) in [5.74, 6) is -0.837. The zero-order chi connectivity index (χ0) is 22.5. The van der Waals surface area contributed by atoms with Gasteiger partial charge in [-0.1, -0.05) is 32.9 Å². The van der Waals surface area contributed by atoms with Gasteiger partial charge in [0, 0.05) is 43.0 Å². The summed E-state index contributed by atoms with van der Waals surface area (Å²) in [6.07, 6.45) is 1.59. The van der Waals surface area contributed by atoms with E-state index in [9.17, 15) is 19.7 Å². The van der Waals surface area contributed by atoms with Gasteiger partial charge in [0.05, 0.1) is 4.92 Å². The maximum atomic E-state index is 12.8. The summed E-state index contributed by atoms with van der Waals surface area (Å²) in [7, 11) is 3.86. The summed E-state index contributed by atoms with van der Waals surface area (Å²) in [6.45, 7) is 5.25. The second-order valence-electron chi connectivity index (χ2n) is 8.01. The Morgan fingerprint density at radius 1 is 1.00 bits per heavy atom. The third-order valence-corrected chi connectivity index (χ3v) is 4.23. The molecule has 0 saturated carbocycles. The molecule has 0 radical (unpaired) electrons. The number of carbonyl (C=O) groups is 2. The van der Waals surface area contributed by atoms with Gasteiger partial charge in [-0.15, -0.1) is 0 Å². The average molecular weight is 410 g/mol. The number of anilines is 2. The van der Waals surface area contributed by atoms with Crippen LogP contribution in [0.25, 0.3) is 6.08 Å². The molecule has 0 aliphatic carbocycles. The molecule has 0 aliphatic rings. The number of nitro groups is 1. The van der Waals surface area contributed by atoms with Gasteiger partial charge in [0.2, 0.25) is 5.91 Å². The number of nitrogens with one attached hydrogen (secondary N) is 2. The van der Waals surface area contributed by atoms with Crippen molar-refractivity contribution in [3.8, 4) is 0 Å². The van der Waals surface area contributed by atoms with E-state index in [1.807, 2.05) is 43.3 Å². The summed E-state index contributed by atoms with van der Waals surface area (Å²) in [6, 6.07) is 13.0. The van der Waals surface area contributed by atoms with E-state index in [0.717, 1.165) is 11.3 Å². The fourth-order valence-corrected chi connectivity index (χ4v) is 2.37. The molecule has 0 bridgehead atoms. The van der Waals surface area contributed by atoms with Gasteiger partial charge in [0.25, 0.3) is 11.6 Å². The fourth-order valence-electron chi connectivity index (χ4n) is 2.37. The van der Waals surface area contributed by atoms with Crippen molar-refractivity contribution >= 4 is 35.0 Å². The molecule has 158 valence electrons. The molecule has 2 aromatic rings. The molecule has 8 heteroatoms. The van der Waals surface area contributed by atoms with E-state index >= 15 is 0 Å². The Balaban J connectivity index is 2.30. The van der Waals surface area contributed by atoms with E-state index in [1.165, 1.54) is 24.3 Å². The van der Waals surface area contributed by atoms with E-state index < -0.39 is 16.2 Å². The Kier molecular flexibility index (Phi) is 6.94. The Bertz CT molecular complexity index is 956. The lowest BCUT2D eigenvalue weighted by Gasteiger charge is -2.19. The van der Waals surface area contributed by atoms with Crippen molar-refractivity contribution in [1.82, 2.24) is 5.32 Å². The Morgan fingerprint density at radius 2 is 1.57 bits per heavy atom. The molecule has 0 atom stereocenters. The maximum Gasteiger partial charge on any atom is 0.272 e. The van der Waals surface area contributed by atoms with Gasteiger partial charge in [-0.3, -0.25) is 19.7 Å². The van der Waals surface area contributed by atoms with E-state index in [4.69, 9.17) is 0 Å². The number of hydrogen-bond donors (Lipinski definition) is 2. The SMILES string of the molecule is CN(C)c1ccc(/C=C(/NC(=O)C(C)(C)C)C(=O)Nc2ccc([N+](=O)[O-])cc2)cc1. The van der Waals surface area contributed by atoms with Crippen LogP contribution in [-0.4, -0.2) is 30.8 Å². The molecule has 0 aromatic heterocycles. The van der Waals surface area contributed by atoms with Crippen LogP contribution in [0, 0.1) is 15.5 Å². The van der Waals surface area contributed by atoms with E-state index in [1.54, 1.807) is 26.8 Å². The molecule has 0 unspecified atom stereocenters. The Hall–Kier alpha value is -3.68. The summed E-state index contributed by atoms with van der Waals surface area (Å²) in [5.41, 5.74) is 1.43. The van der Waals surface area contributed by atoms with Gasteiger partial charge in [-0.2, -0.15) is 0 Å². The number of amides is 2. The lowest BCUT2D eigenvalue weighted by molar-refractivity contribution is -0.384. The number of hydrogen-bond acceptors (Lipinski definition) is 5. The number of rotatable bonds is 6. The van der Waals surface area contributed by atoms with Crippen LogP contribution >= 0.6 is 0 Å². The topological polar surface area (TPSA) is 105 Å². The first-order valence-electron chi connectivity index (χ1n) is 9.34. The molecule has 0 aliphatic heterocycles. The molecule has 30 heavy (non-hydrogen) atoms. The van der Waals surface area contributed by atoms with E-state index in [2.05, 4.69) is 10.6 Å². The van der Waals surface area contributed by atoms with Crippen LogP contribution in [0.2, 0.25) is 0 Å². The molecule has 0 heterocycles. The predicted molar refractivity (Wildman–Crippen MR) is 118 cm³/mol. The van der Waals surface area contributed by atoms with Crippen LogP contribution in [-0.2, 0) is 9.59 Å². The average Bonchev–Trinajstić information content (AvgIpc) is 2.67. The van der Waals surface area contributed by atoms with Crippen molar-refractivity contribution in [2.24, 2.45) is 5.41 Å². The Morgan fingerprint density at radius 3 is 2.03 bits per heavy atom. The van der Waals surface area contributed by atoms with Crippen LogP contribution in [0.15, 0.2) is 54.2 Å². The largest absolute Gasteiger partial charge is 0.378 e. The van der Waals surface area contributed by atoms with Crippen molar-refractivity contribution in [2.45, 2.75) is 20.8 Å². The lowest BCUT2D eigenvalue weighted by atomic mass is 9.95. The van der Waals surface area contributed by atoms with Crippen LogP contribution in [0.4, 0.5) is 17.1 Å². The lowest BCUT2D eigenvalue weighted by Crippen LogP contribution is -2.38. The highest BCUT2D eigenvalue weighted by molar-refractivity contribution is 6.09. The van der Waals surface area contributed by atoms with Crippen molar-refractivity contribution in [3.63, 3.8) is 0 Å². The van der Waals surface area contributed by atoms with Gasteiger partial charge >= 0.3 is 0 Å². The van der Waals surface area contributed by atoms with Crippen molar-refractivity contribution < 1.29 is 14.5 Å². The number of non-ortho nitro benzene ring substituents is 1. The minimum absolute atomic E-state index is 0.0749. The number of benzene rings is 2. The minimum Gasteiger partial charge on any atom is -0.378 e. The van der Waals surface area contributed by atoms with E-state index in [-0.39, 0.29) is 17.3 Å². The monoisotopic (exact) mass is 410 g/mol. The summed E-state index contributed by atoms with van der Waals surface area (Å²) >= 11 is 0. The highest BCUT2D eigenvalue weighted by Crippen LogP contribution is 2.19. The smallest absolute Gasteiger partial charge is 0.272 e. The number of nitro benzene ring substituents is 1. The standard InChI is InChI=1S/C22H26N4O4/c1-22(2,3)21(28)24-19(14-15-6-10-17(11-7-15)25(4)5)20(27)23-16-8-12-18(13-9-16)26(29)30/h6-14H,1-5H3,(H,23,27)(H,24,28)/b19-14+. The quantitative estimate of drug-likeness (QED) is 0.428. The molecular formula is C22H26N4O4. The Labute approximate surface area is 175 Å². The molecule has 0 saturated heterocycles. The van der Waals surface area contributed by atoms with Crippen molar-refractivity contribution in [2.75, 3.05) is 24.3 Å². The van der Waals surface area contributed by atoms with Gasteiger partial charge in [0.1, 0.15) is 5.70 Å². The molecule has 2 rings (SSSR count). The summed E-state index contributed by atoms with van der Waals surface area (Å²) < 4.78 is 0. The third kappa shape index (κ3) is 6.16. The second kappa shape index (κ2) is 9.21. The summed E-state index contributed by atoms with van der Waals surface area (Å²) in [4.78, 5) is 37.5. The molecule has 8 nitrogen and oxygen atoms in total. The van der Waals surface area contributed by atoms with Crippen LogP contribution < -0.4 is 15.5 Å². The molecule has 0 spiro atoms. The number of nitrogens with zero attached hydrogens (tertiary/aromatic N) is 2. The zero-order valence-electron chi connectivity index (χ0n) is 17.7. The second-order valence-corrected chi connectivity index (χ2v) is 8.01. The van der Waals surface area contributed by atoms with Gasteiger partial charge in [-0.05, 0) is 35.9 Å². The van der Waals surface area contributed by atoms with Crippen molar-refractivity contribution in [1.29, 1.82) is 0 Å². The van der Waals surface area contributed by atoms with Crippen LogP contribution in [0.5, 0.6) is 0 Å². The number of carbonyl (C=O) groups excluding carboxylic acids is 2. The normalized spacial score (nSPS) is 11.6. The fraction of sp³-hybridized carbons (Fsp3) is 0.273. The first-order valence-corrected chi connectivity index (χ1v) is 9.34.